The number of esters is 2. The third-order valence-corrected chi connectivity index (χ3v) is 7.80. The normalized spacial score (nSPS) is 14.1. The van der Waals surface area contributed by atoms with E-state index < -0.39 is 23.9 Å². The third-order valence-electron chi connectivity index (χ3n) is 7.80. The van der Waals surface area contributed by atoms with Crippen LogP contribution in [0.2, 0.25) is 0 Å². The first-order valence-electron chi connectivity index (χ1n) is 19.0. The fourth-order valence-corrected chi connectivity index (χ4v) is 4.39. The Morgan fingerprint density at radius 1 is 0.397 bits per heavy atom. The fourth-order valence-electron chi connectivity index (χ4n) is 4.39. The van der Waals surface area contributed by atoms with Crippen molar-refractivity contribution in [3.63, 3.8) is 0 Å². The number of aliphatic carboxylic acids is 2. The molecule has 0 rings (SSSR count). The number of ether oxygens (including phenoxy) is 2. The van der Waals surface area contributed by atoms with Gasteiger partial charge in [-0.15, -0.1) is 0 Å². The molecule has 0 amide bonds. The molecule has 0 atom stereocenters. The van der Waals surface area contributed by atoms with Gasteiger partial charge in [0.1, 0.15) is 13.2 Å². The van der Waals surface area contributed by atoms with E-state index in [1.807, 2.05) is 62.5 Å². The Balaban J connectivity index is -0.0000151. The SMILES string of the molecule is CC(/C=C/C=C(C)/C=C/C=C(\C)CC/C=C(\C)COC(=O)CCC(=O)[O-])=C\C=C\C=C(C)\C=C\C=C(C)\C=C\C=C(/C)CC/C=C(\C)COC(=O)CCC(=O)[O-].[Na+].[Na+]. The third kappa shape index (κ3) is 39.3. The monoisotopic (exact) mass is 812 g/mol. The van der Waals surface area contributed by atoms with Crippen LogP contribution in [0.15, 0.2) is 154 Å². The summed E-state index contributed by atoms with van der Waals surface area (Å²) in [5, 5.41) is 20.8. The maximum atomic E-state index is 11.5. The van der Waals surface area contributed by atoms with Crippen molar-refractivity contribution in [2.24, 2.45) is 0 Å². The van der Waals surface area contributed by atoms with Gasteiger partial charge in [0, 0.05) is 11.9 Å². The number of hydrogen-bond donors (Lipinski definition) is 0. The second-order valence-electron chi connectivity index (χ2n) is 13.7. The van der Waals surface area contributed by atoms with Crippen LogP contribution >= 0.6 is 0 Å². The van der Waals surface area contributed by atoms with Crippen LogP contribution in [0.5, 0.6) is 0 Å². The quantitative estimate of drug-likeness (QED) is 0.0564. The standard InChI is InChI=1S/C48H64O8.2Na/c1-37(19-11-21-39(3)23-13-25-41(5)27-15-29-43(7)35-55-47(53)33-31-45(49)50)17-9-10-18-38(2)20-12-22-40(4)24-14-26-42(6)28-16-30-44(8)36-56-48(54)34-32-46(51)52;;/h9-14,17-26,29-30H,15-16,27-28,31-36H2,1-8H3,(H,49,50)(H,51,52);;/q;2*+1/p-2/b10-9+,19-11+,20-12+,23-13+,24-14+,37-17+,38-18+,39-21+,40-22+,41-25+,42-26+,43-29+,44-30+;;. The molecule has 0 N–H and O–H groups in total. The van der Waals surface area contributed by atoms with E-state index in [1.54, 1.807) is 0 Å². The van der Waals surface area contributed by atoms with Gasteiger partial charge in [-0.1, -0.05) is 143 Å². The summed E-state index contributed by atoms with van der Waals surface area (Å²) in [6.45, 7) is 16.5. The van der Waals surface area contributed by atoms with Gasteiger partial charge >= 0.3 is 71.1 Å². The summed E-state index contributed by atoms with van der Waals surface area (Å²) in [7, 11) is 0. The number of allylic oxidation sites excluding steroid dienone is 24. The molecule has 0 fully saturated rings. The zero-order valence-corrected chi connectivity index (χ0v) is 40.7. The van der Waals surface area contributed by atoms with Crippen molar-refractivity contribution >= 4 is 23.9 Å². The molecule has 10 heteroatoms. The number of carboxylic acids is 2. The summed E-state index contributed by atoms with van der Waals surface area (Å²) < 4.78 is 10.1. The van der Waals surface area contributed by atoms with E-state index in [2.05, 4.69) is 102 Å². The largest absolute Gasteiger partial charge is 1.00 e. The predicted molar refractivity (Wildman–Crippen MR) is 225 cm³/mol. The molecule has 0 aromatic rings. The van der Waals surface area contributed by atoms with Crippen LogP contribution in [0.1, 0.15) is 107 Å². The zero-order valence-electron chi connectivity index (χ0n) is 36.7. The van der Waals surface area contributed by atoms with Crippen LogP contribution in [0.25, 0.3) is 0 Å². The van der Waals surface area contributed by atoms with Gasteiger partial charge in [0.25, 0.3) is 0 Å². The molecule has 0 aromatic heterocycles. The minimum atomic E-state index is -1.26. The van der Waals surface area contributed by atoms with E-state index in [0.29, 0.717) is 0 Å². The van der Waals surface area contributed by atoms with Crippen LogP contribution in [0.3, 0.4) is 0 Å². The van der Waals surface area contributed by atoms with Gasteiger partial charge in [-0.25, -0.2) is 0 Å². The Labute approximate surface area is 392 Å². The molecule has 8 nitrogen and oxygen atoms in total. The Bertz CT molecular complexity index is 1580. The van der Waals surface area contributed by atoms with E-state index in [0.717, 1.165) is 59.1 Å². The van der Waals surface area contributed by atoms with Crippen molar-refractivity contribution in [3.8, 4) is 0 Å². The predicted octanol–water partition coefficient (Wildman–Crippen LogP) is 3.05. The van der Waals surface area contributed by atoms with Crippen LogP contribution in [-0.2, 0) is 28.7 Å². The van der Waals surface area contributed by atoms with Gasteiger partial charge in [0.05, 0.1) is 12.8 Å². The summed E-state index contributed by atoms with van der Waals surface area (Å²) in [6.07, 6.45) is 39.4. The molecular weight excluding hydrogens is 751 g/mol. The van der Waals surface area contributed by atoms with Crippen LogP contribution in [0, 0.1) is 0 Å². The first kappa shape index (κ1) is 58.8. The molecule has 0 saturated carbocycles. The number of carbonyl (C=O) groups is 4. The second-order valence-corrected chi connectivity index (χ2v) is 13.7. The van der Waals surface area contributed by atoms with E-state index in [9.17, 15) is 29.4 Å². The number of rotatable bonds is 26. The Morgan fingerprint density at radius 3 is 1.00 bits per heavy atom. The summed E-state index contributed by atoms with van der Waals surface area (Å²) in [5.74, 6) is -3.59. The minimum Gasteiger partial charge on any atom is -0.550 e. The Hall–Kier alpha value is -3.50. The van der Waals surface area contributed by atoms with Gasteiger partial charge in [-0.05, 0) is 105 Å². The molecule has 0 aromatic carbocycles. The summed E-state index contributed by atoms with van der Waals surface area (Å²) >= 11 is 0. The topological polar surface area (TPSA) is 133 Å². The van der Waals surface area contributed by atoms with Crippen molar-refractivity contribution < 1.29 is 98.0 Å². The summed E-state index contributed by atoms with van der Waals surface area (Å²) in [6, 6.07) is 0. The second kappa shape index (κ2) is 37.7. The zero-order chi connectivity index (χ0) is 42.1. The van der Waals surface area contributed by atoms with Crippen molar-refractivity contribution in [3.05, 3.63) is 154 Å². The van der Waals surface area contributed by atoms with E-state index >= 15 is 0 Å². The van der Waals surface area contributed by atoms with Crippen LogP contribution < -0.4 is 69.3 Å². The summed E-state index contributed by atoms with van der Waals surface area (Å²) in [4.78, 5) is 43.9. The molecule has 0 aliphatic carbocycles. The van der Waals surface area contributed by atoms with Crippen LogP contribution in [0.4, 0.5) is 0 Å². The molecular formula is C48H62Na2O8. The molecule has 58 heavy (non-hydrogen) atoms. The molecule has 0 aliphatic rings. The molecule has 0 unspecified atom stereocenters. The molecule has 0 radical (unpaired) electrons. The molecule has 0 saturated heterocycles. The smallest absolute Gasteiger partial charge is 0.550 e. The molecule has 0 heterocycles. The maximum Gasteiger partial charge on any atom is 1.00 e. The number of carbonyl (C=O) groups excluding carboxylic acids is 4. The maximum absolute atomic E-state index is 11.5. The minimum absolute atomic E-state index is 0. The number of carboxylic acid groups (broad SMARTS) is 2. The Kier molecular flexibility index (Phi) is 38.3. The van der Waals surface area contributed by atoms with Gasteiger partial charge in [-0.2, -0.15) is 0 Å². The van der Waals surface area contributed by atoms with Gasteiger partial charge in [0.2, 0.25) is 0 Å². The van der Waals surface area contributed by atoms with Crippen molar-refractivity contribution in [1.82, 2.24) is 0 Å². The molecule has 304 valence electrons. The van der Waals surface area contributed by atoms with Crippen molar-refractivity contribution in [2.75, 3.05) is 13.2 Å². The summed E-state index contributed by atoms with van der Waals surface area (Å²) in [5.41, 5.74) is 8.85. The van der Waals surface area contributed by atoms with E-state index in [1.165, 1.54) is 11.1 Å². The first-order valence-corrected chi connectivity index (χ1v) is 19.0. The van der Waals surface area contributed by atoms with Gasteiger partial charge in [-0.3, -0.25) is 9.59 Å². The molecule has 0 spiro atoms. The fraction of sp³-hybridized carbons (Fsp3) is 0.375. The van der Waals surface area contributed by atoms with E-state index in [4.69, 9.17) is 9.47 Å². The van der Waals surface area contributed by atoms with Gasteiger partial charge in [0.15, 0.2) is 0 Å². The molecule has 0 bridgehead atoms. The van der Waals surface area contributed by atoms with Crippen molar-refractivity contribution in [2.45, 2.75) is 107 Å². The number of hydrogen-bond acceptors (Lipinski definition) is 8. The Morgan fingerprint density at radius 2 is 0.690 bits per heavy atom. The average Bonchev–Trinajstić information content (AvgIpc) is 3.13. The van der Waals surface area contributed by atoms with Gasteiger partial charge < -0.3 is 29.3 Å². The van der Waals surface area contributed by atoms with E-state index in [-0.39, 0.29) is 98.0 Å². The first-order chi connectivity index (χ1) is 26.6. The molecule has 0 aliphatic heterocycles. The van der Waals surface area contributed by atoms with Crippen molar-refractivity contribution in [1.29, 1.82) is 0 Å². The average molecular weight is 813 g/mol. The van der Waals surface area contributed by atoms with Crippen LogP contribution in [-0.4, -0.2) is 37.1 Å².